The lowest BCUT2D eigenvalue weighted by Crippen LogP contribution is -2.60. The molecular weight excluding hydrogens is 360 g/mol. The zero-order chi connectivity index (χ0) is 19.4. The Morgan fingerprint density at radius 2 is 2.04 bits per heavy atom. The van der Waals surface area contributed by atoms with Gasteiger partial charge in [0, 0.05) is 49.1 Å². The van der Waals surface area contributed by atoms with E-state index in [9.17, 15) is 5.11 Å². The molecule has 2 aliphatic rings. The fraction of sp³-hybridized carbons (Fsp3) is 0.421. The molecular formula is C19H26N6OS. The highest BCUT2D eigenvalue weighted by molar-refractivity contribution is 8.26. The van der Waals surface area contributed by atoms with Gasteiger partial charge in [-0.05, 0) is 55.4 Å². The molecule has 6 N–H and O–H groups in total. The van der Waals surface area contributed by atoms with Gasteiger partial charge in [-0.25, -0.2) is 0 Å². The highest BCUT2D eigenvalue weighted by Gasteiger charge is 2.44. The lowest BCUT2D eigenvalue weighted by Gasteiger charge is -2.53. The van der Waals surface area contributed by atoms with E-state index in [4.69, 9.17) is 16.6 Å². The molecule has 2 fully saturated rings. The smallest absolute Gasteiger partial charge is 0.162 e. The number of nitrogens with one attached hydrogen (secondary N) is 3. The van der Waals surface area contributed by atoms with Crippen LogP contribution in [0.5, 0.6) is 5.75 Å². The Morgan fingerprint density at radius 3 is 2.63 bits per heavy atom. The van der Waals surface area contributed by atoms with Crippen molar-refractivity contribution in [2.75, 3.05) is 33.2 Å². The van der Waals surface area contributed by atoms with Gasteiger partial charge >= 0.3 is 0 Å². The second-order valence-corrected chi connectivity index (χ2v) is 8.08. The minimum absolute atomic E-state index is 0.0000812. The van der Waals surface area contributed by atoms with Gasteiger partial charge in [0.05, 0.1) is 0 Å². The molecule has 144 valence electrons. The molecule has 3 rings (SSSR count). The monoisotopic (exact) mass is 386 g/mol. The summed E-state index contributed by atoms with van der Waals surface area (Å²) in [4.78, 5) is 5.96. The van der Waals surface area contributed by atoms with Crippen LogP contribution in [0.15, 0.2) is 29.4 Å². The van der Waals surface area contributed by atoms with Crippen molar-refractivity contribution in [2.24, 2.45) is 16.1 Å². The molecule has 2 heterocycles. The van der Waals surface area contributed by atoms with Crippen LogP contribution in [0.25, 0.3) is 5.57 Å². The van der Waals surface area contributed by atoms with Gasteiger partial charge in [0.25, 0.3) is 0 Å². The third kappa shape index (κ3) is 4.17. The molecule has 27 heavy (non-hydrogen) atoms. The lowest BCUT2D eigenvalue weighted by molar-refractivity contribution is 0.0293. The average Bonchev–Trinajstić information content (AvgIpc) is 2.64. The summed E-state index contributed by atoms with van der Waals surface area (Å²) in [5, 5.41) is 30.8. The molecule has 0 unspecified atom stereocenters. The molecule has 8 heteroatoms. The summed E-state index contributed by atoms with van der Waals surface area (Å²) in [6.45, 7) is 3.87. The molecule has 0 bridgehead atoms. The molecule has 0 aliphatic carbocycles. The number of rotatable bonds is 3. The van der Waals surface area contributed by atoms with Crippen LogP contribution < -0.4 is 11.1 Å². The highest BCUT2D eigenvalue weighted by Crippen LogP contribution is 2.40. The van der Waals surface area contributed by atoms with Gasteiger partial charge in [0.15, 0.2) is 5.17 Å². The second kappa shape index (κ2) is 8.14. The predicted octanol–water partition coefficient (Wildman–Crippen LogP) is 2.07. The molecule has 0 aromatic heterocycles. The van der Waals surface area contributed by atoms with E-state index >= 15 is 0 Å². The van der Waals surface area contributed by atoms with E-state index in [1.807, 2.05) is 4.90 Å². The Morgan fingerprint density at radius 1 is 1.33 bits per heavy atom. The van der Waals surface area contributed by atoms with E-state index in [1.165, 1.54) is 6.20 Å². The number of hydrogen-bond acceptors (Lipinski definition) is 7. The number of aliphatic imine (C=N–C) groups is 1. The minimum atomic E-state index is 0.0000812. The largest absolute Gasteiger partial charge is 0.507 e. The van der Waals surface area contributed by atoms with Crippen molar-refractivity contribution in [3.63, 3.8) is 0 Å². The van der Waals surface area contributed by atoms with Gasteiger partial charge < -0.3 is 21.1 Å². The van der Waals surface area contributed by atoms with Crippen molar-refractivity contribution in [1.82, 2.24) is 10.2 Å². The van der Waals surface area contributed by atoms with Gasteiger partial charge in [0.1, 0.15) is 10.8 Å². The van der Waals surface area contributed by atoms with Gasteiger partial charge in [0.2, 0.25) is 0 Å². The topological polar surface area (TPSA) is 122 Å². The first-order chi connectivity index (χ1) is 13.0. The van der Waals surface area contributed by atoms with Crippen LogP contribution in [0.4, 0.5) is 0 Å². The maximum Gasteiger partial charge on any atom is 0.162 e. The standard InChI is InChI=1S/C19H26N6OS/c1-23-10-14(9-20)13-2-3-15(16(26)8-13)17(21)27-18(22)25-11-19(12-25)4-6-24-7-5-19/h2-3,8-10,21-22,24,26H,4-7,11-12,20H2,1H3. The van der Waals surface area contributed by atoms with Crippen LogP contribution in [0, 0.1) is 16.2 Å². The number of benzene rings is 1. The quantitative estimate of drug-likeness (QED) is 0.402. The number of phenolic OH excluding ortho intramolecular Hbond substituents is 1. The Kier molecular flexibility index (Phi) is 5.86. The molecule has 7 nitrogen and oxygen atoms in total. The maximum atomic E-state index is 10.3. The normalized spacial score (nSPS) is 19.3. The fourth-order valence-corrected chi connectivity index (χ4v) is 4.39. The van der Waals surface area contributed by atoms with Crippen LogP contribution in [-0.4, -0.2) is 59.7 Å². The number of phenols is 1. The zero-order valence-corrected chi connectivity index (χ0v) is 16.3. The van der Waals surface area contributed by atoms with Crippen molar-refractivity contribution >= 4 is 33.8 Å². The third-order valence-corrected chi connectivity index (χ3v) is 6.10. The number of likely N-dealkylation sites (tertiary alicyclic amines) is 1. The molecule has 2 saturated heterocycles. The molecule has 0 radical (unpaired) electrons. The van der Waals surface area contributed by atoms with Crippen LogP contribution in [0.1, 0.15) is 24.0 Å². The van der Waals surface area contributed by atoms with E-state index in [0.717, 1.165) is 56.3 Å². The molecule has 1 aromatic rings. The Labute approximate surface area is 163 Å². The molecule has 2 aliphatic heterocycles. The summed E-state index contributed by atoms with van der Waals surface area (Å²) in [7, 11) is 1.65. The van der Waals surface area contributed by atoms with Crippen molar-refractivity contribution in [2.45, 2.75) is 12.8 Å². The average molecular weight is 387 g/mol. The van der Waals surface area contributed by atoms with Gasteiger partial charge in [-0.1, -0.05) is 6.07 Å². The van der Waals surface area contributed by atoms with Gasteiger partial charge in [-0.15, -0.1) is 0 Å². The number of allylic oxidation sites excluding steroid dienone is 1. The number of hydrogen-bond donors (Lipinski definition) is 5. The van der Waals surface area contributed by atoms with Gasteiger partial charge in [-0.3, -0.25) is 15.8 Å². The van der Waals surface area contributed by atoms with E-state index in [0.29, 0.717) is 21.7 Å². The number of nitrogens with zero attached hydrogens (tertiary/aromatic N) is 2. The van der Waals surface area contributed by atoms with Crippen LogP contribution in [-0.2, 0) is 0 Å². The van der Waals surface area contributed by atoms with Crippen molar-refractivity contribution in [3.05, 3.63) is 35.5 Å². The third-order valence-electron chi connectivity index (χ3n) is 5.23. The van der Waals surface area contributed by atoms with Crippen molar-refractivity contribution in [3.8, 4) is 5.75 Å². The molecule has 1 spiro atoms. The highest BCUT2D eigenvalue weighted by atomic mass is 32.2. The first-order valence-corrected chi connectivity index (χ1v) is 9.78. The number of amidine groups is 1. The van der Waals surface area contributed by atoms with Crippen LogP contribution in [0.3, 0.4) is 0 Å². The summed E-state index contributed by atoms with van der Waals surface area (Å²) in [6.07, 6.45) is 5.35. The second-order valence-electron chi connectivity index (χ2n) is 7.08. The number of thioether (sulfide) groups is 1. The summed E-state index contributed by atoms with van der Waals surface area (Å²) in [6, 6.07) is 5.05. The first kappa shape index (κ1) is 19.4. The van der Waals surface area contributed by atoms with Crippen molar-refractivity contribution < 1.29 is 5.11 Å². The summed E-state index contributed by atoms with van der Waals surface area (Å²) < 4.78 is 0. The first-order valence-electron chi connectivity index (χ1n) is 8.96. The van der Waals surface area contributed by atoms with Gasteiger partial charge in [-0.2, -0.15) is 0 Å². The maximum absolute atomic E-state index is 10.3. The fourth-order valence-electron chi connectivity index (χ4n) is 3.65. The Balaban J connectivity index is 1.62. The number of piperidine rings is 1. The van der Waals surface area contributed by atoms with E-state index in [1.54, 1.807) is 31.5 Å². The molecule has 0 amide bonds. The summed E-state index contributed by atoms with van der Waals surface area (Å²) in [5.41, 5.74) is 7.78. The van der Waals surface area contributed by atoms with Crippen LogP contribution >= 0.6 is 11.8 Å². The van der Waals surface area contributed by atoms with Crippen LogP contribution in [0.2, 0.25) is 0 Å². The molecule has 1 aromatic carbocycles. The minimum Gasteiger partial charge on any atom is -0.507 e. The van der Waals surface area contributed by atoms with E-state index in [-0.39, 0.29) is 10.8 Å². The van der Waals surface area contributed by atoms with E-state index in [2.05, 4.69) is 10.3 Å². The Hall–Kier alpha value is -2.32. The Bertz CT molecular complexity index is 789. The SMILES string of the molecule is CN=CC(=CN)c1ccc(C(=N)SC(=N)N2CC3(CCNCC3)C2)c(O)c1. The number of nitrogens with two attached hydrogens (primary N) is 1. The van der Waals surface area contributed by atoms with Crippen molar-refractivity contribution in [1.29, 1.82) is 10.8 Å². The molecule has 0 saturated carbocycles. The molecule has 0 atom stereocenters. The summed E-state index contributed by atoms with van der Waals surface area (Å²) in [5.74, 6) is 0.0000812. The van der Waals surface area contributed by atoms with E-state index < -0.39 is 0 Å². The number of aromatic hydroxyl groups is 1. The predicted molar refractivity (Wildman–Crippen MR) is 113 cm³/mol. The summed E-state index contributed by atoms with van der Waals surface area (Å²) >= 11 is 1.08. The zero-order valence-electron chi connectivity index (χ0n) is 15.5. The lowest BCUT2D eigenvalue weighted by atomic mass is 9.73.